The molecule has 0 saturated heterocycles. The lowest BCUT2D eigenvalue weighted by atomic mass is 10.2. The van der Waals surface area contributed by atoms with Crippen LogP contribution < -0.4 is 0 Å². The van der Waals surface area contributed by atoms with E-state index in [1.807, 2.05) is 0 Å². The van der Waals surface area contributed by atoms with Gasteiger partial charge in [0.15, 0.2) is 5.75 Å². The molecule has 0 spiro atoms. The third-order valence-corrected chi connectivity index (χ3v) is 2.25. The summed E-state index contributed by atoms with van der Waals surface area (Å²) >= 11 is 3.23. The van der Waals surface area contributed by atoms with Crippen LogP contribution in [0.1, 0.15) is 11.3 Å². The van der Waals surface area contributed by atoms with E-state index in [1.165, 1.54) is 0 Å². The third-order valence-electron chi connectivity index (χ3n) is 1.42. The lowest BCUT2D eigenvalue weighted by Crippen LogP contribution is -1.85. The zero-order valence-electron chi connectivity index (χ0n) is 6.54. The van der Waals surface area contributed by atoms with Crippen molar-refractivity contribution in [3.8, 4) is 5.75 Å². The number of hydrogen-bond acceptors (Lipinski definition) is 2. The molecule has 0 aliphatic carbocycles. The fraction of sp³-hybridized carbons (Fsp3) is 0.125. The smallest absolute Gasteiger partial charge is 0.151 e. The summed E-state index contributed by atoms with van der Waals surface area (Å²) < 4.78 is 0.653. The average molecular weight is 295 g/mol. The Kier molecular flexibility index (Phi) is 4.49. The maximum Gasteiger partial charge on any atom is 0.151 e. The predicted molar refractivity (Wildman–Crippen MR) is 58.8 cm³/mol. The van der Waals surface area contributed by atoms with Crippen LogP contribution in [-0.4, -0.2) is 10.1 Å². The standard InChI is InChI=1S/C8H8BrNO.BrH/c1-3-6-4-10-5(2)8(11)7(6)9;/h3-4,11H,1H2,2H3;1H. The molecule has 12 heavy (non-hydrogen) atoms. The zero-order chi connectivity index (χ0) is 8.43. The van der Waals surface area contributed by atoms with Gasteiger partial charge in [-0.3, -0.25) is 4.98 Å². The first kappa shape index (κ1) is 11.6. The maximum atomic E-state index is 9.36. The largest absolute Gasteiger partial charge is 0.505 e. The Bertz CT molecular complexity index is 299. The van der Waals surface area contributed by atoms with Gasteiger partial charge in [0, 0.05) is 11.8 Å². The summed E-state index contributed by atoms with van der Waals surface area (Å²) in [6, 6.07) is 0. The van der Waals surface area contributed by atoms with E-state index in [4.69, 9.17) is 0 Å². The topological polar surface area (TPSA) is 33.1 Å². The first-order valence-electron chi connectivity index (χ1n) is 3.13. The molecule has 1 heterocycles. The van der Waals surface area contributed by atoms with Crippen LogP contribution in [0.25, 0.3) is 6.08 Å². The van der Waals surface area contributed by atoms with Crippen molar-refractivity contribution in [3.05, 3.63) is 28.5 Å². The molecule has 0 atom stereocenters. The van der Waals surface area contributed by atoms with Crippen LogP contribution in [0.3, 0.4) is 0 Å². The molecular formula is C8H9Br2NO. The van der Waals surface area contributed by atoms with Crippen LogP contribution in [-0.2, 0) is 0 Å². The number of hydrogen-bond donors (Lipinski definition) is 1. The normalized spacial score (nSPS) is 8.83. The molecule has 66 valence electrons. The van der Waals surface area contributed by atoms with Crippen molar-refractivity contribution in [2.24, 2.45) is 0 Å². The lowest BCUT2D eigenvalue weighted by Gasteiger charge is -2.02. The van der Waals surface area contributed by atoms with Gasteiger partial charge in [0.25, 0.3) is 0 Å². The fourth-order valence-electron chi connectivity index (χ4n) is 0.722. The Balaban J connectivity index is 0.00000121. The molecule has 2 nitrogen and oxygen atoms in total. The molecule has 4 heteroatoms. The van der Waals surface area contributed by atoms with Crippen molar-refractivity contribution < 1.29 is 5.11 Å². The maximum absolute atomic E-state index is 9.36. The lowest BCUT2D eigenvalue weighted by molar-refractivity contribution is 0.464. The molecule has 0 aliphatic rings. The van der Waals surface area contributed by atoms with Crippen LogP contribution in [0.5, 0.6) is 5.75 Å². The highest BCUT2D eigenvalue weighted by Crippen LogP contribution is 2.29. The third kappa shape index (κ3) is 2.08. The molecule has 0 amide bonds. The number of pyridine rings is 1. The van der Waals surface area contributed by atoms with Crippen LogP contribution in [0, 0.1) is 6.92 Å². The first-order valence-corrected chi connectivity index (χ1v) is 3.92. The molecular weight excluding hydrogens is 286 g/mol. The Morgan fingerprint density at radius 3 is 2.75 bits per heavy atom. The van der Waals surface area contributed by atoms with Gasteiger partial charge in [-0.25, -0.2) is 0 Å². The number of rotatable bonds is 1. The molecule has 0 fully saturated rings. The monoisotopic (exact) mass is 293 g/mol. The number of aromatic nitrogens is 1. The molecule has 1 aromatic rings. The summed E-state index contributed by atoms with van der Waals surface area (Å²) in [5.41, 5.74) is 1.41. The number of halogens is 2. The van der Waals surface area contributed by atoms with Gasteiger partial charge < -0.3 is 5.11 Å². The number of aromatic hydroxyl groups is 1. The quantitative estimate of drug-likeness (QED) is 0.863. The molecule has 0 aromatic carbocycles. The Morgan fingerprint density at radius 1 is 1.67 bits per heavy atom. The Labute approximate surface area is 90.2 Å². The summed E-state index contributed by atoms with van der Waals surface area (Å²) in [6.07, 6.45) is 3.29. The summed E-state index contributed by atoms with van der Waals surface area (Å²) in [4.78, 5) is 3.96. The summed E-state index contributed by atoms with van der Waals surface area (Å²) in [5, 5.41) is 9.36. The van der Waals surface area contributed by atoms with Crippen molar-refractivity contribution in [1.82, 2.24) is 4.98 Å². The molecule has 0 radical (unpaired) electrons. The van der Waals surface area contributed by atoms with Gasteiger partial charge >= 0.3 is 0 Å². The highest BCUT2D eigenvalue weighted by Gasteiger charge is 2.05. The predicted octanol–water partition coefficient (Wildman–Crippen LogP) is 3.08. The highest BCUT2D eigenvalue weighted by molar-refractivity contribution is 9.10. The van der Waals surface area contributed by atoms with Crippen molar-refractivity contribution in [3.63, 3.8) is 0 Å². The van der Waals surface area contributed by atoms with E-state index in [0.717, 1.165) is 5.56 Å². The zero-order valence-corrected chi connectivity index (χ0v) is 9.84. The first-order chi connectivity index (χ1) is 5.16. The van der Waals surface area contributed by atoms with Crippen molar-refractivity contribution in [1.29, 1.82) is 0 Å². The van der Waals surface area contributed by atoms with Crippen LogP contribution in [0.2, 0.25) is 0 Å². The van der Waals surface area contributed by atoms with Gasteiger partial charge in [-0.2, -0.15) is 0 Å². The van der Waals surface area contributed by atoms with Gasteiger partial charge in [0.1, 0.15) is 0 Å². The van der Waals surface area contributed by atoms with E-state index < -0.39 is 0 Å². The van der Waals surface area contributed by atoms with Gasteiger partial charge in [0.2, 0.25) is 0 Å². The second kappa shape index (κ2) is 4.62. The molecule has 0 aliphatic heterocycles. The van der Waals surface area contributed by atoms with Gasteiger partial charge in [-0.05, 0) is 22.9 Å². The van der Waals surface area contributed by atoms with E-state index in [-0.39, 0.29) is 22.7 Å². The summed E-state index contributed by atoms with van der Waals surface area (Å²) in [7, 11) is 0. The SMILES string of the molecule is Br.C=Cc1cnc(C)c(O)c1Br. The van der Waals surface area contributed by atoms with Crippen LogP contribution in [0.15, 0.2) is 17.2 Å². The minimum absolute atomic E-state index is 0. The van der Waals surface area contributed by atoms with Crippen LogP contribution in [0.4, 0.5) is 0 Å². The molecule has 0 unspecified atom stereocenters. The Hall–Kier alpha value is -0.350. The van der Waals surface area contributed by atoms with Crippen LogP contribution >= 0.6 is 32.9 Å². The highest BCUT2D eigenvalue weighted by atomic mass is 79.9. The molecule has 0 bridgehead atoms. The van der Waals surface area contributed by atoms with Gasteiger partial charge in [-0.1, -0.05) is 12.7 Å². The molecule has 1 aromatic heterocycles. The van der Waals surface area contributed by atoms with E-state index in [2.05, 4.69) is 27.5 Å². The van der Waals surface area contributed by atoms with Crippen molar-refractivity contribution >= 4 is 39.0 Å². The Morgan fingerprint density at radius 2 is 2.25 bits per heavy atom. The van der Waals surface area contributed by atoms with E-state index >= 15 is 0 Å². The van der Waals surface area contributed by atoms with E-state index in [0.29, 0.717) is 10.2 Å². The minimum atomic E-state index is 0. The second-order valence-corrected chi connectivity index (χ2v) is 2.96. The molecule has 1 N–H and O–H groups in total. The van der Waals surface area contributed by atoms with Crippen molar-refractivity contribution in [2.75, 3.05) is 0 Å². The van der Waals surface area contributed by atoms with Gasteiger partial charge in [0.05, 0.1) is 10.2 Å². The fourth-order valence-corrected chi connectivity index (χ4v) is 1.27. The van der Waals surface area contributed by atoms with E-state index in [1.54, 1.807) is 19.2 Å². The summed E-state index contributed by atoms with van der Waals surface area (Å²) in [5.74, 6) is 0.183. The average Bonchev–Trinajstić information content (AvgIpc) is 2.01. The number of nitrogens with zero attached hydrogens (tertiary/aromatic N) is 1. The molecule has 1 rings (SSSR count). The minimum Gasteiger partial charge on any atom is -0.505 e. The van der Waals surface area contributed by atoms with Crippen molar-refractivity contribution in [2.45, 2.75) is 6.92 Å². The van der Waals surface area contributed by atoms with E-state index in [9.17, 15) is 5.11 Å². The molecule has 0 saturated carbocycles. The second-order valence-electron chi connectivity index (χ2n) is 2.17. The summed E-state index contributed by atoms with van der Waals surface area (Å²) in [6.45, 7) is 5.32. The van der Waals surface area contributed by atoms with Gasteiger partial charge in [-0.15, -0.1) is 17.0 Å². The number of aryl methyl sites for hydroxylation is 1.